The van der Waals surface area contributed by atoms with Crippen molar-refractivity contribution in [3.8, 4) is 11.3 Å². The lowest BCUT2D eigenvalue weighted by atomic mass is 10.1. The van der Waals surface area contributed by atoms with Crippen molar-refractivity contribution in [3.05, 3.63) is 79.6 Å². The van der Waals surface area contributed by atoms with E-state index < -0.39 is 4.92 Å². The van der Waals surface area contributed by atoms with Crippen LogP contribution >= 0.6 is 23.8 Å². The van der Waals surface area contributed by atoms with Gasteiger partial charge in [-0.3, -0.25) is 10.1 Å². The average molecular weight is 428 g/mol. The Balaban J connectivity index is 1.95. The van der Waals surface area contributed by atoms with Crippen LogP contribution in [0.1, 0.15) is 11.1 Å². The normalized spacial score (nSPS) is 11.7. The summed E-state index contributed by atoms with van der Waals surface area (Å²) < 4.78 is 0.193. The summed E-state index contributed by atoms with van der Waals surface area (Å²) in [6.07, 6.45) is 1.41. The fourth-order valence-electron chi connectivity index (χ4n) is 2.47. The molecule has 3 rings (SSSR count). The van der Waals surface area contributed by atoms with E-state index >= 15 is 0 Å². The first kappa shape index (κ1) is 20.1. The Labute approximate surface area is 174 Å². The summed E-state index contributed by atoms with van der Waals surface area (Å²) in [5.41, 5.74) is 14.3. The maximum atomic E-state index is 10.7. The molecule has 0 aliphatic rings. The van der Waals surface area contributed by atoms with Gasteiger partial charge in [-0.05, 0) is 47.6 Å². The Morgan fingerprint density at radius 2 is 1.86 bits per heavy atom. The molecule has 1 aromatic heterocycles. The van der Waals surface area contributed by atoms with Crippen molar-refractivity contribution in [1.29, 1.82) is 0 Å². The topological polar surface area (TPSA) is 149 Å². The first-order valence-electron chi connectivity index (χ1n) is 8.12. The number of nitro benzene ring substituents is 1. The largest absolute Gasteiger partial charge is 0.383 e. The highest BCUT2D eigenvalue weighted by Gasteiger charge is 2.15. The number of halogens is 1. The number of benzene rings is 2. The standard InChI is InChI=1S/C18H14ClN7O2S/c19-12-5-3-11(4-6-12)15-14(16(20)24-18(29)23-15)17(21)25-22-9-10-1-7-13(8-2-10)26(27)28/h1-9H,(H2,21,25)(H3,20,23,24,29)/b22-9+. The van der Waals surface area contributed by atoms with Gasteiger partial charge in [0.2, 0.25) is 0 Å². The second-order valence-electron chi connectivity index (χ2n) is 5.76. The van der Waals surface area contributed by atoms with Crippen molar-refractivity contribution in [2.45, 2.75) is 0 Å². The zero-order valence-electron chi connectivity index (χ0n) is 14.7. The van der Waals surface area contributed by atoms with E-state index in [2.05, 4.69) is 20.2 Å². The molecule has 0 saturated heterocycles. The summed E-state index contributed by atoms with van der Waals surface area (Å²) >= 11 is 11.1. The van der Waals surface area contributed by atoms with E-state index in [0.717, 1.165) is 5.56 Å². The predicted molar refractivity (Wildman–Crippen MR) is 116 cm³/mol. The van der Waals surface area contributed by atoms with Gasteiger partial charge in [0.05, 0.1) is 22.4 Å². The minimum atomic E-state index is -0.482. The molecule has 0 aliphatic heterocycles. The number of hydrogen-bond acceptors (Lipinski definition) is 7. The number of nitrogens with two attached hydrogens (primary N) is 2. The smallest absolute Gasteiger partial charge is 0.269 e. The molecule has 9 nitrogen and oxygen atoms in total. The van der Waals surface area contributed by atoms with E-state index in [-0.39, 0.29) is 22.1 Å². The molecule has 0 saturated carbocycles. The van der Waals surface area contributed by atoms with Crippen molar-refractivity contribution in [2.24, 2.45) is 15.9 Å². The Morgan fingerprint density at radius 3 is 2.48 bits per heavy atom. The van der Waals surface area contributed by atoms with Gasteiger partial charge >= 0.3 is 0 Å². The number of nitrogens with zero attached hydrogens (tertiary/aromatic N) is 4. The van der Waals surface area contributed by atoms with E-state index in [1.807, 2.05) is 0 Å². The lowest BCUT2D eigenvalue weighted by molar-refractivity contribution is -0.384. The van der Waals surface area contributed by atoms with Gasteiger partial charge in [-0.2, -0.15) is 5.10 Å². The Hall–Kier alpha value is -3.63. The molecule has 3 aromatic rings. The van der Waals surface area contributed by atoms with Gasteiger partial charge in [0.1, 0.15) is 5.82 Å². The number of nitro groups is 1. The number of hydrogen-bond donors (Lipinski definition) is 3. The lowest BCUT2D eigenvalue weighted by Crippen LogP contribution is -2.18. The molecule has 0 aliphatic carbocycles. The molecule has 0 amide bonds. The van der Waals surface area contributed by atoms with Gasteiger partial charge in [0.15, 0.2) is 10.6 Å². The average Bonchev–Trinajstić information content (AvgIpc) is 2.68. The molecule has 29 heavy (non-hydrogen) atoms. The maximum Gasteiger partial charge on any atom is 0.269 e. The van der Waals surface area contributed by atoms with Crippen LogP contribution in [0.25, 0.3) is 11.3 Å². The van der Waals surface area contributed by atoms with E-state index in [1.54, 1.807) is 36.4 Å². The summed E-state index contributed by atoms with van der Waals surface area (Å²) in [5, 5.41) is 19.2. The molecule has 0 atom stereocenters. The predicted octanol–water partition coefficient (Wildman–Crippen LogP) is 3.69. The van der Waals surface area contributed by atoms with Crippen LogP contribution in [0.3, 0.4) is 0 Å². The Bertz CT molecular complexity index is 1170. The van der Waals surface area contributed by atoms with Crippen LogP contribution in [0, 0.1) is 14.9 Å². The van der Waals surface area contributed by atoms with Gasteiger partial charge in [-0.15, -0.1) is 5.10 Å². The van der Waals surface area contributed by atoms with Crippen molar-refractivity contribution in [1.82, 2.24) is 9.97 Å². The number of aromatic amines is 1. The Kier molecular flexibility index (Phi) is 5.96. The van der Waals surface area contributed by atoms with Crippen LogP contribution in [0.4, 0.5) is 11.5 Å². The molecule has 1 heterocycles. The van der Waals surface area contributed by atoms with Crippen LogP contribution in [0.2, 0.25) is 5.02 Å². The van der Waals surface area contributed by atoms with E-state index in [9.17, 15) is 10.1 Å². The second kappa shape index (κ2) is 8.59. The molecule has 146 valence electrons. The summed E-state index contributed by atoms with van der Waals surface area (Å²) in [4.78, 5) is 17.2. The molecule has 2 aromatic carbocycles. The highest BCUT2D eigenvalue weighted by molar-refractivity contribution is 7.71. The number of amidine groups is 1. The van der Waals surface area contributed by atoms with E-state index in [1.165, 1.54) is 18.3 Å². The molecular formula is C18H14ClN7O2S. The first-order chi connectivity index (χ1) is 13.8. The number of anilines is 1. The highest BCUT2D eigenvalue weighted by atomic mass is 35.5. The third-order valence-corrected chi connectivity index (χ3v) is 4.27. The van der Waals surface area contributed by atoms with Crippen LogP contribution < -0.4 is 11.5 Å². The van der Waals surface area contributed by atoms with Crippen molar-refractivity contribution in [3.63, 3.8) is 0 Å². The SMILES string of the molecule is N/C(=N\N=C\c1ccc([N+](=O)[O-])cc1)c1c(N)nc(=S)[nH]c1-c1ccc(Cl)cc1. The second-order valence-corrected chi connectivity index (χ2v) is 6.59. The van der Waals surface area contributed by atoms with E-state index in [0.29, 0.717) is 21.8 Å². The summed E-state index contributed by atoms with van der Waals surface area (Å²) in [7, 11) is 0. The fraction of sp³-hybridized carbons (Fsp3) is 0. The van der Waals surface area contributed by atoms with Crippen molar-refractivity contribution < 1.29 is 4.92 Å². The monoisotopic (exact) mass is 427 g/mol. The third-order valence-electron chi connectivity index (χ3n) is 3.83. The maximum absolute atomic E-state index is 10.7. The molecule has 5 N–H and O–H groups in total. The summed E-state index contributed by atoms with van der Waals surface area (Å²) in [6, 6.07) is 12.8. The number of H-pyrrole nitrogens is 1. The molecule has 0 radical (unpaired) electrons. The molecule has 0 bridgehead atoms. The third kappa shape index (κ3) is 4.81. The van der Waals surface area contributed by atoms with Crippen LogP contribution in [0.15, 0.2) is 58.7 Å². The lowest BCUT2D eigenvalue weighted by Gasteiger charge is -2.11. The summed E-state index contributed by atoms with van der Waals surface area (Å²) in [6.45, 7) is 0. The van der Waals surface area contributed by atoms with Crippen molar-refractivity contribution in [2.75, 3.05) is 5.73 Å². The molecule has 11 heteroatoms. The van der Waals surface area contributed by atoms with Gasteiger partial charge in [0.25, 0.3) is 5.69 Å². The highest BCUT2D eigenvalue weighted by Crippen LogP contribution is 2.26. The molecule has 0 unspecified atom stereocenters. The van der Waals surface area contributed by atoms with Crippen LogP contribution in [-0.2, 0) is 0 Å². The summed E-state index contributed by atoms with van der Waals surface area (Å²) in [5.74, 6) is 0.120. The van der Waals surface area contributed by atoms with Crippen LogP contribution in [0.5, 0.6) is 0 Å². The Morgan fingerprint density at radius 1 is 1.21 bits per heavy atom. The zero-order valence-corrected chi connectivity index (χ0v) is 16.3. The first-order valence-corrected chi connectivity index (χ1v) is 8.91. The van der Waals surface area contributed by atoms with Gasteiger partial charge < -0.3 is 16.5 Å². The van der Waals surface area contributed by atoms with Gasteiger partial charge in [0, 0.05) is 17.2 Å². The zero-order chi connectivity index (χ0) is 21.0. The van der Waals surface area contributed by atoms with Gasteiger partial charge in [-0.25, -0.2) is 4.98 Å². The number of non-ortho nitro benzene ring substituents is 1. The minimum absolute atomic E-state index is 0.0174. The molecule has 0 fully saturated rings. The molecule has 0 spiro atoms. The van der Waals surface area contributed by atoms with E-state index in [4.69, 9.17) is 35.3 Å². The number of nitrogens with one attached hydrogen (secondary N) is 1. The quantitative estimate of drug-likeness (QED) is 0.186. The number of rotatable bonds is 5. The van der Waals surface area contributed by atoms with Crippen LogP contribution in [-0.4, -0.2) is 26.9 Å². The fourth-order valence-corrected chi connectivity index (χ4v) is 2.80. The molecular weight excluding hydrogens is 414 g/mol. The number of aromatic nitrogens is 2. The minimum Gasteiger partial charge on any atom is -0.383 e. The van der Waals surface area contributed by atoms with Gasteiger partial charge in [-0.1, -0.05) is 23.7 Å². The number of nitrogen functional groups attached to an aromatic ring is 1. The van der Waals surface area contributed by atoms with Crippen molar-refractivity contribution >= 4 is 47.4 Å².